The second kappa shape index (κ2) is 5.19. The van der Waals surface area contributed by atoms with Gasteiger partial charge >= 0.3 is 0 Å². The Kier molecular flexibility index (Phi) is 3.86. The summed E-state index contributed by atoms with van der Waals surface area (Å²) in [5.41, 5.74) is 2.38. The summed E-state index contributed by atoms with van der Waals surface area (Å²) in [6, 6.07) is 6.33. The second-order valence-corrected chi connectivity index (χ2v) is 4.92. The van der Waals surface area contributed by atoms with Gasteiger partial charge in [0.05, 0.1) is 10.1 Å². The van der Waals surface area contributed by atoms with Crippen LogP contribution in [-0.4, -0.2) is 6.54 Å². The third-order valence-corrected chi connectivity index (χ3v) is 3.59. The molecule has 1 aromatic heterocycles. The summed E-state index contributed by atoms with van der Waals surface area (Å²) < 4.78 is 7.14. The normalized spacial score (nSPS) is 11.2. The van der Waals surface area contributed by atoms with E-state index in [-0.39, 0.29) is 0 Å². The van der Waals surface area contributed by atoms with Gasteiger partial charge in [-0.15, -0.1) is 0 Å². The van der Waals surface area contributed by atoms with Gasteiger partial charge in [0.25, 0.3) is 0 Å². The largest absolute Gasteiger partial charge is 0.458 e. The van der Waals surface area contributed by atoms with Gasteiger partial charge in [-0.1, -0.05) is 26.0 Å². The summed E-state index contributed by atoms with van der Waals surface area (Å²) in [6.07, 6.45) is 1.02. The van der Waals surface area contributed by atoms with Crippen molar-refractivity contribution < 1.29 is 4.42 Å². The van der Waals surface area contributed by atoms with Crippen molar-refractivity contribution in [2.24, 2.45) is 0 Å². The summed E-state index contributed by atoms with van der Waals surface area (Å²) in [5, 5.41) is 4.59. The van der Waals surface area contributed by atoms with E-state index in [9.17, 15) is 0 Å². The third kappa shape index (κ3) is 2.11. The van der Waals surface area contributed by atoms with Crippen molar-refractivity contribution in [2.45, 2.75) is 26.8 Å². The van der Waals surface area contributed by atoms with Crippen molar-refractivity contribution in [3.05, 3.63) is 33.1 Å². The highest BCUT2D eigenvalue weighted by molar-refractivity contribution is 14.1. The Balaban J connectivity index is 2.52. The lowest BCUT2D eigenvalue weighted by Crippen LogP contribution is -2.12. The van der Waals surface area contributed by atoms with E-state index in [1.807, 2.05) is 0 Å². The van der Waals surface area contributed by atoms with Gasteiger partial charge < -0.3 is 9.73 Å². The van der Waals surface area contributed by atoms with Gasteiger partial charge in [0, 0.05) is 10.9 Å². The molecule has 0 radical (unpaired) electrons. The maximum Gasteiger partial charge on any atom is 0.147 e. The van der Waals surface area contributed by atoms with Crippen molar-refractivity contribution >= 4 is 33.6 Å². The zero-order chi connectivity index (χ0) is 11.5. The molecule has 0 bridgehead atoms. The molecule has 0 amide bonds. The van der Waals surface area contributed by atoms with Gasteiger partial charge in [0.15, 0.2) is 0 Å². The smallest absolute Gasteiger partial charge is 0.147 e. The van der Waals surface area contributed by atoms with Crippen LogP contribution in [0.4, 0.5) is 0 Å². The van der Waals surface area contributed by atoms with Gasteiger partial charge in [0.2, 0.25) is 0 Å². The summed E-state index contributed by atoms with van der Waals surface area (Å²) >= 11 is 2.33. The van der Waals surface area contributed by atoms with E-state index in [4.69, 9.17) is 4.42 Å². The maximum atomic E-state index is 5.95. The van der Waals surface area contributed by atoms with Crippen LogP contribution in [0.2, 0.25) is 0 Å². The average Bonchev–Trinajstić information content (AvgIpc) is 2.65. The third-order valence-electron chi connectivity index (χ3n) is 2.74. The first-order valence-electron chi connectivity index (χ1n) is 5.67. The number of nitrogens with one attached hydrogen (secondary N) is 1. The molecule has 1 N–H and O–H groups in total. The summed E-state index contributed by atoms with van der Waals surface area (Å²) in [5.74, 6) is 1.09. The molecule has 0 aliphatic heterocycles. The highest BCUT2D eigenvalue weighted by atomic mass is 127. The molecule has 0 saturated heterocycles. The summed E-state index contributed by atoms with van der Waals surface area (Å²) in [4.78, 5) is 0. The van der Waals surface area contributed by atoms with E-state index in [2.05, 4.69) is 60.0 Å². The fourth-order valence-corrected chi connectivity index (χ4v) is 2.56. The van der Waals surface area contributed by atoms with Gasteiger partial charge in [-0.3, -0.25) is 0 Å². The van der Waals surface area contributed by atoms with E-state index in [0.717, 1.165) is 30.9 Å². The molecule has 16 heavy (non-hydrogen) atoms. The molecule has 0 spiro atoms. The molecule has 2 nitrogen and oxygen atoms in total. The number of fused-ring (bicyclic) bond motifs is 1. The zero-order valence-corrected chi connectivity index (χ0v) is 11.8. The fraction of sp³-hybridized carbons (Fsp3) is 0.385. The van der Waals surface area contributed by atoms with Gasteiger partial charge in [-0.05, 0) is 41.6 Å². The van der Waals surface area contributed by atoms with Gasteiger partial charge in [-0.25, -0.2) is 0 Å². The lowest BCUT2D eigenvalue weighted by Gasteiger charge is -2.00. The lowest BCUT2D eigenvalue weighted by molar-refractivity contribution is 0.513. The Bertz CT molecular complexity index is 490. The number of hydrogen-bond acceptors (Lipinski definition) is 2. The van der Waals surface area contributed by atoms with Crippen LogP contribution in [0.15, 0.2) is 22.6 Å². The van der Waals surface area contributed by atoms with E-state index in [1.165, 1.54) is 14.5 Å². The molecule has 0 atom stereocenters. The number of aryl methyl sites for hydroxylation is 1. The summed E-state index contributed by atoms with van der Waals surface area (Å²) in [6.45, 7) is 6.08. The first-order chi connectivity index (χ1) is 7.77. The van der Waals surface area contributed by atoms with E-state index < -0.39 is 0 Å². The Labute approximate surface area is 110 Å². The van der Waals surface area contributed by atoms with Gasteiger partial charge in [0.1, 0.15) is 11.3 Å². The topological polar surface area (TPSA) is 25.2 Å². The van der Waals surface area contributed by atoms with Crippen molar-refractivity contribution in [2.75, 3.05) is 6.54 Å². The van der Waals surface area contributed by atoms with E-state index >= 15 is 0 Å². The molecule has 86 valence electrons. The molecule has 2 aromatic rings. The second-order valence-electron chi connectivity index (χ2n) is 3.75. The molecule has 0 fully saturated rings. The Morgan fingerprint density at radius 3 is 2.81 bits per heavy atom. The molecule has 0 saturated carbocycles. The van der Waals surface area contributed by atoms with Crippen molar-refractivity contribution in [3.8, 4) is 0 Å². The highest BCUT2D eigenvalue weighted by Crippen LogP contribution is 2.29. The molecule has 0 aliphatic carbocycles. The molecule has 0 unspecified atom stereocenters. The number of rotatable bonds is 4. The number of benzene rings is 1. The molecule has 1 aromatic carbocycles. The summed E-state index contributed by atoms with van der Waals surface area (Å²) in [7, 11) is 0. The van der Waals surface area contributed by atoms with Crippen LogP contribution in [0.25, 0.3) is 11.0 Å². The molecule has 3 heteroatoms. The van der Waals surface area contributed by atoms with Crippen LogP contribution < -0.4 is 5.32 Å². The predicted octanol–water partition coefficient (Wildman–Crippen LogP) is 3.71. The standard InChI is InChI=1S/C13H16INO/c1-3-9-10-6-5-7-11(14)13(10)16-12(9)8-15-4-2/h5-7,15H,3-4,8H2,1-2H3. The first kappa shape index (κ1) is 11.9. The van der Waals surface area contributed by atoms with Crippen LogP contribution >= 0.6 is 22.6 Å². The predicted molar refractivity (Wildman–Crippen MR) is 75.7 cm³/mol. The minimum atomic E-state index is 0.824. The quantitative estimate of drug-likeness (QED) is 0.865. The molecular weight excluding hydrogens is 313 g/mol. The van der Waals surface area contributed by atoms with Crippen LogP contribution in [0, 0.1) is 3.57 Å². The average molecular weight is 329 g/mol. The van der Waals surface area contributed by atoms with E-state index in [0.29, 0.717) is 0 Å². The van der Waals surface area contributed by atoms with Crippen LogP contribution in [0.5, 0.6) is 0 Å². The number of halogens is 1. The van der Waals surface area contributed by atoms with Crippen LogP contribution in [0.3, 0.4) is 0 Å². The SMILES string of the molecule is CCNCc1oc2c(I)cccc2c1CC. The van der Waals surface area contributed by atoms with E-state index in [1.54, 1.807) is 0 Å². The Morgan fingerprint density at radius 1 is 1.31 bits per heavy atom. The zero-order valence-electron chi connectivity index (χ0n) is 9.64. The Morgan fingerprint density at radius 2 is 2.12 bits per heavy atom. The maximum absolute atomic E-state index is 5.95. The monoisotopic (exact) mass is 329 g/mol. The molecule has 1 heterocycles. The minimum absolute atomic E-state index is 0.824. The molecule has 2 rings (SSSR count). The Hall–Kier alpha value is -0.550. The fourth-order valence-electron chi connectivity index (χ4n) is 1.95. The first-order valence-corrected chi connectivity index (χ1v) is 6.75. The number of para-hydroxylation sites is 1. The van der Waals surface area contributed by atoms with Crippen LogP contribution in [-0.2, 0) is 13.0 Å². The minimum Gasteiger partial charge on any atom is -0.458 e. The van der Waals surface area contributed by atoms with Gasteiger partial charge in [-0.2, -0.15) is 0 Å². The van der Waals surface area contributed by atoms with Crippen molar-refractivity contribution in [3.63, 3.8) is 0 Å². The van der Waals surface area contributed by atoms with Crippen molar-refractivity contribution in [1.82, 2.24) is 5.32 Å². The molecule has 0 aliphatic rings. The van der Waals surface area contributed by atoms with Crippen LogP contribution in [0.1, 0.15) is 25.2 Å². The number of hydrogen-bond donors (Lipinski definition) is 1. The highest BCUT2D eigenvalue weighted by Gasteiger charge is 2.13. The molecular formula is C13H16INO. The van der Waals surface area contributed by atoms with Crippen molar-refractivity contribution in [1.29, 1.82) is 0 Å². The lowest BCUT2D eigenvalue weighted by atomic mass is 10.1. The number of furan rings is 1.